The number of carbonyl (C=O) groups excluding carboxylic acids is 2. The van der Waals surface area contributed by atoms with Crippen molar-refractivity contribution in [2.45, 2.75) is 13.0 Å². The maximum Gasteiger partial charge on any atom is 0.343 e. The van der Waals surface area contributed by atoms with Crippen LogP contribution in [0.1, 0.15) is 34.5 Å². The number of methoxy groups -OCH3 is 1. The average Bonchev–Trinajstić information content (AvgIpc) is 3.12. The summed E-state index contributed by atoms with van der Waals surface area (Å²) in [7, 11) is 1.49. The van der Waals surface area contributed by atoms with Gasteiger partial charge in [-0.1, -0.05) is 72.0 Å². The zero-order valence-corrected chi connectivity index (χ0v) is 20.7. The number of amides is 1. The van der Waals surface area contributed by atoms with Crippen molar-refractivity contribution >= 4 is 57.9 Å². The van der Waals surface area contributed by atoms with Gasteiger partial charge in [-0.25, -0.2) is 4.79 Å². The fraction of sp³-hybridized carbons (Fsp3) is 0.115. The van der Waals surface area contributed by atoms with Gasteiger partial charge in [0.05, 0.1) is 23.6 Å². The summed E-state index contributed by atoms with van der Waals surface area (Å²) in [6.45, 7) is 1.95. The van der Waals surface area contributed by atoms with Crippen LogP contribution in [-0.4, -0.2) is 28.2 Å². The van der Waals surface area contributed by atoms with Gasteiger partial charge >= 0.3 is 5.97 Å². The maximum atomic E-state index is 13.1. The molecule has 0 saturated carbocycles. The normalized spacial score (nSPS) is 15.5. The molecule has 8 heteroatoms. The molecule has 0 spiro atoms. The molecule has 0 bridgehead atoms. The van der Waals surface area contributed by atoms with Gasteiger partial charge in [-0.05, 0) is 60.5 Å². The van der Waals surface area contributed by atoms with E-state index in [0.717, 1.165) is 11.1 Å². The van der Waals surface area contributed by atoms with E-state index in [0.29, 0.717) is 25.6 Å². The van der Waals surface area contributed by atoms with E-state index in [9.17, 15) is 9.59 Å². The summed E-state index contributed by atoms with van der Waals surface area (Å²) < 4.78 is 11.4. The number of carbonyl (C=O) groups is 2. The molecule has 0 N–H and O–H groups in total. The lowest BCUT2D eigenvalue weighted by Gasteiger charge is -2.23. The monoisotopic (exact) mass is 509 g/mol. The molecule has 34 heavy (non-hydrogen) atoms. The Labute approximate surface area is 212 Å². The minimum absolute atomic E-state index is 0.149. The Balaban J connectivity index is 1.54. The van der Waals surface area contributed by atoms with Gasteiger partial charge in [-0.3, -0.25) is 9.69 Å². The quantitative estimate of drug-likeness (QED) is 0.163. The Kier molecular flexibility index (Phi) is 7.36. The summed E-state index contributed by atoms with van der Waals surface area (Å²) in [5.74, 6) is -0.0453. The molecule has 1 saturated heterocycles. The Bertz CT molecular complexity index is 1280. The minimum Gasteiger partial charge on any atom is -0.493 e. The number of rotatable bonds is 6. The van der Waals surface area contributed by atoms with E-state index in [1.165, 1.54) is 18.9 Å². The smallest absolute Gasteiger partial charge is 0.343 e. The van der Waals surface area contributed by atoms with E-state index in [4.69, 9.17) is 33.3 Å². The van der Waals surface area contributed by atoms with Crippen molar-refractivity contribution in [3.63, 3.8) is 0 Å². The first-order chi connectivity index (χ1) is 16.4. The summed E-state index contributed by atoms with van der Waals surface area (Å²) in [5, 5.41) is 0.530. The summed E-state index contributed by atoms with van der Waals surface area (Å²) >= 11 is 12.6. The molecular formula is C26H20ClNO4S2. The zero-order valence-electron chi connectivity index (χ0n) is 18.4. The molecule has 0 radical (unpaired) electrons. The summed E-state index contributed by atoms with van der Waals surface area (Å²) in [4.78, 5) is 27.7. The van der Waals surface area contributed by atoms with E-state index in [2.05, 4.69) is 0 Å². The second-order valence-corrected chi connectivity index (χ2v) is 9.56. The van der Waals surface area contributed by atoms with Gasteiger partial charge in [0.2, 0.25) is 0 Å². The Morgan fingerprint density at radius 3 is 2.44 bits per heavy atom. The predicted octanol–water partition coefficient (Wildman–Crippen LogP) is 6.53. The Morgan fingerprint density at radius 2 is 1.76 bits per heavy atom. The van der Waals surface area contributed by atoms with Crippen molar-refractivity contribution in [1.82, 2.24) is 4.90 Å². The molecule has 172 valence electrons. The van der Waals surface area contributed by atoms with Gasteiger partial charge in [0.15, 0.2) is 11.5 Å². The molecule has 0 aromatic heterocycles. The number of hydrogen-bond donors (Lipinski definition) is 0. The van der Waals surface area contributed by atoms with Crippen LogP contribution in [0.2, 0.25) is 5.02 Å². The first kappa shape index (κ1) is 24.0. The van der Waals surface area contributed by atoms with E-state index in [-0.39, 0.29) is 17.7 Å². The molecule has 4 rings (SSSR count). The fourth-order valence-corrected chi connectivity index (χ4v) is 4.99. The Morgan fingerprint density at radius 1 is 1.06 bits per heavy atom. The van der Waals surface area contributed by atoms with Crippen LogP contribution in [0, 0.1) is 0 Å². The van der Waals surface area contributed by atoms with Crippen molar-refractivity contribution in [1.29, 1.82) is 0 Å². The SMILES string of the molecule is COc1cc(/C=C2/SC(=S)N(C(C)c3ccccc3)C2=O)ccc1OC(=O)c1ccc(Cl)cc1. The lowest BCUT2D eigenvalue weighted by atomic mass is 10.1. The molecule has 0 aliphatic carbocycles. The lowest BCUT2D eigenvalue weighted by molar-refractivity contribution is -0.123. The zero-order chi connectivity index (χ0) is 24.2. The molecule has 1 heterocycles. The highest BCUT2D eigenvalue weighted by molar-refractivity contribution is 8.26. The van der Waals surface area contributed by atoms with Gasteiger partial charge in [0.1, 0.15) is 4.32 Å². The van der Waals surface area contributed by atoms with Gasteiger partial charge in [-0.15, -0.1) is 0 Å². The van der Waals surface area contributed by atoms with Crippen LogP contribution in [0.25, 0.3) is 6.08 Å². The van der Waals surface area contributed by atoms with Crippen molar-refractivity contribution in [2.75, 3.05) is 7.11 Å². The van der Waals surface area contributed by atoms with Gasteiger partial charge < -0.3 is 9.47 Å². The van der Waals surface area contributed by atoms with Crippen LogP contribution < -0.4 is 9.47 Å². The highest BCUT2D eigenvalue weighted by Crippen LogP contribution is 2.39. The molecule has 1 amide bonds. The molecular weight excluding hydrogens is 490 g/mol. The molecule has 1 fully saturated rings. The average molecular weight is 510 g/mol. The highest BCUT2D eigenvalue weighted by Gasteiger charge is 2.35. The number of thioether (sulfide) groups is 1. The first-order valence-electron chi connectivity index (χ1n) is 10.3. The molecule has 5 nitrogen and oxygen atoms in total. The van der Waals surface area contributed by atoms with Crippen molar-refractivity contribution < 1.29 is 19.1 Å². The lowest BCUT2D eigenvalue weighted by Crippen LogP contribution is -2.30. The summed E-state index contributed by atoms with van der Waals surface area (Å²) in [6, 6.07) is 21.1. The fourth-order valence-electron chi connectivity index (χ4n) is 3.45. The number of ether oxygens (including phenoxy) is 2. The molecule has 1 atom stereocenters. The van der Waals surface area contributed by atoms with Crippen molar-refractivity contribution in [2.24, 2.45) is 0 Å². The Hall–Kier alpha value is -3.13. The van der Waals surface area contributed by atoms with Crippen LogP contribution >= 0.6 is 35.6 Å². The van der Waals surface area contributed by atoms with Crippen LogP contribution in [0.15, 0.2) is 77.7 Å². The third-order valence-corrected chi connectivity index (χ3v) is 6.84. The van der Waals surface area contributed by atoms with Crippen LogP contribution in [0.5, 0.6) is 11.5 Å². The van der Waals surface area contributed by atoms with Crippen LogP contribution in [0.3, 0.4) is 0 Å². The van der Waals surface area contributed by atoms with Crippen molar-refractivity contribution in [3.05, 3.63) is 99.4 Å². The molecule has 1 unspecified atom stereocenters. The van der Waals surface area contributed by atoms with Crippen molar-refractivity contribution in [3.8, 4) is 11.5 Å². The topological polar surface area (TPSA) is 55.8 Å². The number of nitrogens with zero attached hydrogens (tertiary/aromatic N) is 1. The largest absolute Gasteiger partial charge is 0.493 e. The molecule has 1 aliphatic rings. The van der Waals surface area contributed by atoms with E-state index in [1.807, 2.05) is 37.3 Å². The summed E-state index contributed by atoms with van der Waals surface area (Å²) in [5.41, 5.74) is 2.09. The number of esters is 1. The minimum atomic E-state index is -0.529. The molecule has 1 aliphatic heterocycles. The third kappa shape index (κ3) is 5.17. The second kappa shape index (κ2) is 10.4. The number of thiocarbonyl (C=S) groups is 1. The summed E-state index contributed by atoms with van der Waals surface area (Å²) in [6.07, 6.45) is 1.75. The standard InChI is InChI=1S/C26H20ClNO4S2/c1-16(18-6-4-3-5-7-18)28-24(29)23(34-26(28)33)15-17-8-13-21(22(14-17)31-2)32-25(30)19-9-11-20(27)12-10-19/h3-16H,1-2H3/b23-15+. The van der Waals surface area contributed by atoms with E-state index >= 15 is 0 Å². The maximum absolute atomic E-state index is 13.1. The van der Waals surface area contributed by atoms with Crippen LogP contribution in [-0.2, 0) is 4.79 Å². The van der Waals surface area contributed by atoms with E-state index in [1.54, 1.807) is 53.4 Å². The van der Waals surface area contributed by atoms with Crippen LogP contribution in [0.4, 0.5) is 0 Å². The number of benzene rings is 3. The molecule has 3 aromatic rings. The van der Waals surface area contributed by atoms with Gasteiger partial charge in [0, 0.05) is 5.02 Å². The molecule has 3 aromatic carbocycles. The third-order valence-electron chi connectivity index (χ3n) is 5.26. The first-order valence-corrected chi connectivity index (χ1v) is 12.0. The second-order valence-electron chi connectivity index (χ2n) is 7.45. The predicted molar refractivity (Wildman–Crippen MR) is 139 cm³/mol. The number of hydrogen-bond acceptors (Lipinski definition) is 6. The highest BCUT2D eigenvalue weighted by atomic mass is 35.5. The van der Waals surface area contributed by atoms with Gasteiger partial charge in [-0.2, -0.15) is 0 Å². The van der Waals surface area contributed by atoms with E-state index < -0.39 is 5.97 Å². The number of halogens is 1. The van der Waals surface area contributed by atoms with Gasteiger partial charge in [0.25, 0.3) is 5.91 Å².